The minimum absolute atomic E-state index is 0.222. The number of alkyl halides is 3. The zero-order chi connectivity index (χ0) is 21.4. The lowest BCUT2D eigenvalue weighted by Crippen LogP contribution is -2.29. The highest BCUT2D eigenvalue weighted by Crippen LogP contribution is 2.24. The van der Waals surface area contributed by atoms with Crippen LogP contribution < -0.4 is 14.8 Å². The van der Waals surface area contributed by atoms with Crippen molar-refractivity contribution in [1.29, 1.82) is 0 Å². The number of rotatable bonds is 7. The molecule has 1 unspecified atom stereocenters. The van der Waals surface area contributed by atoms with Crippen molar-refractivity contribution in [3.05, 3.63) is 60.2 Å². The van der Waals surface area contributed by atoms with Crippen molar-refractivity contribution in [1.82, 2.24) is 0 Å². The highest BCUT2D eigenvalue weighted by atomic mass is 19.4. The van der Waals surface area contributed by atoms with Crippen LogP contribution in [0.2, 0.25) is 0 Å². The Morgan fingerprint density at radius 2 is 1.76 bits per heavy atom. The van der Waals surface area contributed by atoms with Gasteiger partial charge in [0.05, 0.1) is 7.11 Å². The molecule has 0 saturated carbocycles. The second-order valence-electron chi connectivity index (χ2n) is 5.75. The molecule has 2 rings (SSSR count). The average molecular weight is 409 g/mol. The van der Waals surface area contributed by atoms with Gasteiger partial charge in [-0.2, -0.15) is 0 Å². The summed E-state index contributed by atoms with van der Waals surface area (Å²) in [5.74, 6) is -1.17. The van der Waals surface area contributed by atoms with Gasteiger partial charge >= 0.3 is 12.3 Å². The van der Waals surface area contributed by atoms with E-state index in [2.05, 4.69) is 10.1 Å². The summed E-state index contributed by atoms with van der Waals surface area (Å²) < 4.78 is 50.2. The molecule has 2 aromatic carbocycles. The number of ether oxygens (including phenoxy) is 3. The summed E-state index contributed by atoms with van der Waals surface area (Å²) in [6, 6.07) is 11.6. The standard InChI is InChI=1S/C20H18F3NO5/c1-13(28-18(25)11-6-14-4-3-5-17(12-14)27-2)19(26)24-15-7-9-16(10-8-15)29-20(21,22)23/h3-13H,1-2H3,(H,24,26)/b11-6+. The summed E-state index contributed by atoms with van der Waals surface area (Å²) in [7, 11) is 1.52. The number of carbonyl (C=O) groups is 2. The fourth-order valence-corrected chi connectivity index (χ4v) is 2.16. The van der Waals surface area contributed by atoms with E-state index in [-0.39, 0.29) is 5.69 Å². The Hall–Kier alpha value is -3.49. The molecule has 0 aliphatic rings. The molecule has 9 heteroatoms. The van der Waals surface area contributed by atoms with Crippen molar-refractivity contribution in [2.24, 2.45) is 0 Å². The Morgan fingerprint density at radius 1 is 1.07 bits per heavy atom. The van der Waals surface area contributed by atoms with Gasteiger partial charge in [0, 0.05) is 11.8 Å². The number of esters is 1. The number of carbonyl (C=O) groups excluding carboxylic acids is 2. The van der Waals surface area contributed by atoms with E-state index in [1.165, 1.54) is 38.3 Å². The molecule has 0 heterocycles. The lowest BCUT2D eigenvalue weighted by Gasteiger charge is -2.13. The monoisotopic (exact) mass is 409 g/mol. The van der Waals surface area contributed by atoms with Crippen LogP contribution in [0.15, 0.2) is 54.6 Å². The number of benzene rings is 2. The second kappa shape index (κ2) is 9.63. The molecule has 29 heavy (non-hydrogen) atoms. The maximum absolute atomic E-state index is 12.1. The molecule has 1 N–H and O–H groups in total. The number of nitrogens with one attached hydrogen (secondary N) is 1. The third-order valence-corrected chi connectivity index (χ3v) is 3.52. The molecule has 0 saturated heterocycles. The normalized spacial score (nSPS) is 12.3. The van der Waals surface area contributed by atoms with Crippen LogP contribution in [0.5, 0.6) is 11.5 Å². The number of hydrogen-bond donors (Lipinski definition) is 1. The molecule has 0 fully saturated rings. The molecule has 6 nitrogen and oxygen atoms in total. The fraction of sp³-hybridized carbons (Fsp3) is 0.200. The molecule has 0 aliphatic heterocycles. The number of methoxy groups -OCH3 is 1. The molecule has 2 aromatic rings. The fourth-order valence-electron chi connectivity index (χ4n) is 2.16. The Morgan fingerprint density at radius 3 is 2.38 bits per heavy atom. The van der Waals surface area contributed by atoms with Crippen molar-refractivity contribution in [3.63, 3.8) is 0 Å². The van der Waals surface area contributed by atoms with E-state index in [1.807, 2.05) is 0 Å². The van der Waals surface area contributed by atoms with Crippen molar-refractivity contribution >= 4 is 23.6 Å². The second-order valence-corrected chi connectivity index (χ2v) is 5.75. The van der Waals surface area contributed by atoms with Crippen LogP contribution in [0.25, 0.3) is 6.08 Å². The lowest BCUT2D eigenvalue weighted by molar-refractivity contribution is -0.274. The van der Waals surface area contributed by atoms with Crippen molar-refractivity contribution in [3.8, 4) is 11.5 Å². The SMILES string of the molecule is COc1cccc(/C=C/C(=O)OC(C)C(=O)Nc2ccc(OC(F)(F)F)cc2)c1. The van der Waals surface area contributed by atoms with Gasteiger partial charge in [0.15, 0.2) is 6.10 Å². The maximum Gasteiger partial charge on any atom is 0.573 e. The van der Waals surface area contributed by atoms with Crippen molar-refractivity contribution < 1.29 is 37.0 Å². The summed E-state index contributed by atoms with van der Waals surface area (Å²) in [6.07, 6.45) is -3.24. The van der Waals surface area contributed by atoms with Crippen LogP contribution in [-0.4, -0.2) is 31.5 Å². The highest BCUT2D eigenvalue weighted by Gasteiger charge is 2.31. The van der Waals surface area contributed by atoms with E-state index in [4.69, 9.17) is 9.47 Å². The zero-order valence-electron chi connectivity index (χ0n) is 15.5. The quantitative estimate of drug-likeness (QED) is 0.549. The summed E-state index contributed by atoms with van der Waals surface area (Å²) in [4.78, 5) is 24.0. The third-order valence-electron chi connectivity index (χ3n) is 3.52. The number of hydrogen-bond acceptors (Lipinski definition) is 5. The topological polar surface area (TPSA) is 73.9 Å². The molecular weight excluding hydrogens is 391 g/mol. The third kappa shape index (κ3) is 7.57. The van der Waals surface area contributed by atoms with E-state index in [9.17, 15) is 22.8 Å². The number of anilines is 1. The van der Waals surface area contributed by atoms with Crippen LogP contribution in [0, 0.1) is 0 Å². The van der Waals surface area contributed by atoms with Crippen LogP contribution in [-0.2, 0) is 14.3 Å². The van der Waals surface area contributed by atoms with Gasteiger partial charge in [0.25, 0.3) is 5.91 Å². The molecule has 154 valence electrons. The maximum atomic E-state index is 12.1. The van der Waals surface area contributed by atoms with Gasteiger partial charge in [0.1, 0.15) is 11.5 Å². The highest BCUT2D eigenvalue weighted by molar-refractivity contribution is 5.96. The molecule has 0 spiro atoms. The molecule has 1 amide bonds. The minimum Gasteiger partial charge on any atom is -0.497 e. The van der Waals surface area contributed by atoms with Crippen LogP contribution in [0.4, 0.5) is 18.9 Å². The zero-order valence-corrected chi connectivity index (χ0v) is 15.5. The van der Waals surface area contributed by atoms with Gasteiger partial charge in [-0.1, -0.05) is 12.1 Å². The van der Waals surface area contributed by atoms with Gasteiger partial charge in [-0.25, -0.2) is 4.79 Å². The molecule has 0 radical (unpaired) electrons. The van der Waals surface area contributed by atoms with Gasteiger partial charge in [0.2, 0.25) is 0 Å². The average Bonchev–Trinajstić information content (AvgIpc) is 2.67. The number of amides is 1. The Labute approximate surface area is 164 Å². The first-order valence-electron chi connectivity index (χ1n) is 8.36. The first-order chi connectivity index (χ1) is 13.7. The lowest BCUT2D eigenvalue weighted by atomic mass is 10.2. The predicted octanol–water partition coefficient (Wildman–Crippen LogP) is 4.18. The van der Waals surface area contributed by atoms with Crippen LogP contribution in [0.1, 0.15) is 12.5 Å². The molecule has 0 aliphatic carbocycles. The smallest absolute Gasteiger partial charge is 0.497 e. The molecule has 1 atom stereocenters. The van der Waals surface area contributed by atoms with E-state index in [1.54, 1.807) is 24.3 Å². The largest absolute Gasteiger partial charge is 0.573 e. The van der Waals surface area contributed by atoms with Crippen molar-refractivity contribution in [2.75, 3.05) is 12.4 Å². The minimum atomic E-state index is -4.80. The van der Waals surface area contributed by atoms with E-state index in [0.717, 1.165) is 12.1 Å². The Bertz CT molecular complexity index is 878. The van der Waals surface area contributed by atoms with Gasteiger partial charge in [-0.15, -0.1) is 13.2 Å². The van der Waals surface area contributed by atoms with Gasteiger partial charge in [-0.05, 0) is 55.0 Å². The summed E-state index contributed by atoms with van der Waals surface area (Å²) in [5.41, 5.74) is 0.930. The van der Waals surface area contributed by atoms with Gasteiger partial charge in [-0.3, -0.25) is 4.79 Å². The number of halogens is 3. The Kier molecular flexibility index (Phi) is 7.24. The van der Waals surface area contributed by atoms with Gasteiger partial charge < -0.3 is 19.5 Å². The Balaban J connectivity index is 1.87. The summed E-state index contributed by atoms with van der Waals surface area (Å²) >= 11 is 0. The predicted molar refractivity (Wildman–Crippen MR) is 99.3 cm³/mol. The first-order valence-corrected chi connectivity index (χ1v) is 8.36. The van der Waals surface area contributed by atoms with E-state index >= 15 is 0 Å². The van der Waals surface area contributed by atoms with Crippen LogP contribution in [0.3, 0.4) is 0 Å². The summed E-state index contributed by atoms with van der Waals surface area (Å²) in [5, 5.41) is 2.43. The van der Waals surface area contributed by atoms with E-state index < -0.39 is 30.1 Å². The first kappa shape index (κ1) is 21.8. The van der Waals surface area contributed by atoms with Crippen molar-refractivity contribution in [2.45, 2.75) is 19.4 Å². The van der Waals surface area contributed by atoms with E-state index in [0.29, 0.717) is 11.3 Å². The molecule has 0 aromatic heterocycles. The summed E-state index contributed by atoms with van der Waals surface area (Å²) in [6.45, 7) is 1.37. The molecule has 0 bridgehead atoms. The van der Waals surface area contributed by atoms with Crippen LogP contribution >= 0.6 is 0 Å². The molecular formula is C20H18F3NO5.